The van der Waals surface area contributed by atoms with Gasteiger partial charge in [-0.05, 0) is 40.6 Å². The molecule has 1 fully saturated rings. The van der Waals surface area contributed by atoms with Crippen LogP contribution in [-0.4, -0.2) is 12.4 Å². The van der Waals surface area contributed by atoms with Crippen molar-refractivity contribution in [2.24, 2.45) is 5.41 Å². The molecule has 0 spiro atoms. The van der Waals surface area contributed by atoms with Crippen LogP contribution in [0.1, 0.15) is 38.5 Å². The van der Waals surface area contributed by atoms with Gasteiger partial charge in [0.25, 0.3) is 0 Å². The predicted octanol–water partition coefficient (Wildman–Crippen LogP) is 6.41. The van der Waals surface area contributed by atoms with E-state index in [9.17, 15) is 0 Å². The van der Waals surface area contributed by atoms with Crippen LogP contribution < -0.4 is 4.74 Å². The Bertz CT molecular complexity index is 459. The minimum atomic E-state index is 0.169. The Labute approximate surface area is 144 Å². The van der Waals surface area contributed by atoms with Gasteiger partial charge in [0, 0.05) is 16.0 Å². The van der Waals surface area contributed by atoms with Crippen LogP contribution in [-0.2, 0) is 0 Å². The van der Waals surface area contributed by atoms with Gasteiger partial charge in [-0.25, -0.2) is 0 Å². The third-order valence-corrected chi connectivity index (χ3v) is 6.17. The highest BCUT2D eigenvalue weighted by molar-refractivity contribution is 9.10. The monoisotopic (exact) mass is 396 g/mol. The minimum Gasteiger partial charge on any atom is -0.491 e. The van der Waals surface area contributed by atoms with Gasteiger partial charge in [0.05, 0.1) is 16.7 Å². The number of halogens is 3. The molecule has 112 valence electrons. The molecule has 0 aromatic heterocycles. The SMILES string of the molecule is SCC1(COc2cc(Cl)c(Br)cc2Cl)CCCCCC1. The molecular weight excluding hydrogens is 379 g/mol. The van der Waals surface area contributed by atoms with Crippen molar-refractivity contribution in [2.75, 3.05) is 12.4 Å². The molecule has 1 saturated carbocycles. The van der Waals surface area contributed by atoms with E-state index < -0.39 is 0 Å². The number of ether oxygens (including phenoxy) is 1. The Morgan fingerprint density at radius 2 is 1.75 bits per heavy atom. The molecule has 0 atom stereocenters. The number of hydrogen-bond acceptors (Lipinski definition) is 2. The van der Waals surface area contributed by atoms with Crippen molar-refractivity contribution in [1.29, 1.82) is 0 Å². The Balaban J connectivity index is 2.08. The zero-order chi connectivity index (χ0) is 14.6. The topological polar surface area (TPSA) is 9.23 Å². The van der Waals surface area contributed by atoms with Gasteiger partial charge in [-0.15, -0.1) is 0 Å². The fourth-order valence-corrected chi connectivity index (χ4v) is 3.93. The van der Waals surface area contributed by atoms with Crippen molar-refractivity contribution in [1.82, 2.24) is 0 Å². The summed E-state index contributed by atoms with van der Waals surface area (Å²) in [6, 6.07) is 3.55. The Hall–Kier alpha value is 0.430. The number of benzene rings is 1. The first-order valence-corrected chi connectivity index (χ1v) is 9.13. The van der Waals surface area contributed by atoms with Gasteiger partial charge in [0.2, 0.25) is 0 Å². The van der Waals surface area contributed by atoms with Crippen LogP contribution >= 0.6 is 51.8 Å². The maximum Gasteiger partial charge on any atom is 0.139 e. The molecule has 1 nitrogen and oxygen atoms in total. The summed E-state index contributed by atoms with van der Waals surface area (Å²) in [6.45, 7) is 0.661. The third kappa shape index (κ3) is 4.22. The largest absolute Gasteiger partial charge is 0.491 e. The minimum absolute atomic E-state index is 0.169. The lowest BCUT2D eigenvalue weighted by Crippen LogP contribution is -2.30. The van der Waals surface area contributed by atoms with Gasteiger partial charge in [-0.3, -0.25) is 0 Å². The Morgan fingerprint density at radius 3 is 2.35 bits per heavy atom. The van der Waals surface area contributed by atoms with E-state index >= 15 is 0 Å². The van der Waals surface area contributed by atoms with Crippen LogP contribution in [0.4, 0.5) is 0 Å². The summed E-state index contributed by atoms with van der Waals surface area (Å²) in [5.41, 5.74) is 0.169. The molecule has 1 aliphatic carbocycles. The molecule has 0 N–H and O–H groups in total. The van der Waals surface area contributed by atoms with E-state index in [4.69, 9.17) is 27.9 Å². The lowest BCUT2D eigenvalue weighted by atomic mass is 9.83. The summed E-state index contributed by atoms with van der Waals surface area (Å²) in [6.07, 6.45) is 7.52. The van der Waals surface area contributed by atoms with Crippen molar-refractivity contribution >= 4 is 51.8 Å². The standard InChI is InChI=1S/C15H19BrCl2OS/c16-11-7-13(18)14(8-12(11)17)19-9-15(10-20)5-3-1-2-4-6-15/h7-8,20H,1-6,9-10H2. The van der Waals surface area contributed by atoms with E-state index in [2.05, 4.69) is 28.6 Å². The van der Waals surface area contributed by atoms with Crippen LogP contribution in [0.25, 0.3) is 0 Å². The molecule has 0 heterocycles. The summed E-state index contributed by atoms with van der Waals surface area (Å²) in [7, 11) is 0. The molecule has 2 rings (SSSR count). The van der Waals surface area contributed by atoms with E-state index in [0.29, 0.717) is 22.4 Å². The van der Waals surface area contributed by atoms with E-state index in [-0.39, 0.29) is 5.41 Å². The third-order valence-electron chi connectivity index (χ3n) is 4.01. The highest BCUT2D eigenvalue weighted by Crippen LogP contribution is 2.39. The van der Waals surface area contributed by atoms with Gasteiger partial charge in [-0.1, -0.05) is 48.9 Å². The lowest BCUT2D eigenvalue weighted by Gasteiger charge is -2.31. The molecule has 1 aromatic rings. The number of thiol groups is 1. The Kier molecular flexibility index (Phi) is 6.40. The number of hydrogen-bond donors (Lipinski definition) is 1. The molecule has 1 aliphatic rings. The molecule has 0 unspecified atom stereocenters. The average molecular weight is 398 g/mol. The molecule has 0 saturated heterocycles. The Morgan fingerprint density at radius 1 is 1.10 bits per heavy atom. The van der Waals surface area contributed by atoms with Crippen LogP contribution in [0.15, 0.2) is 16.6 Å². The van der Waals surface area contributed by atoms with E-state index in [1.807, 2.05) is 0 Å². The van der Waals surface area contributed by atoms with Crippen molar-refractivity contribution in [3.05, 3.63) is 26.7 Å². The smallest absolute Gasteiger partial charge is 0.139 e. The highest BCUT2D eigenvalue weighted by atomic mass is 79.9. The fourth-order valence-electron chi connectivity index (χ4n) is 2.67. The second-order valence-corrected chi connectivity index (χ2v) is 7.54. The quantitative estimate of drug-likeness (QED) is 0.351. The summed E-state index contributed by atoms with van der Waals surface area (Å²) in [5, 5.41) is 1.20. The molecule has 0 bridgehead atoms. The van der Waals surface area contributed by atoms with Crippen LogP contribution in [0.2, 0.25) is 10.0 Å². The van der Waals surface area contributed by atoms with E-state index in [1.54, 1.807) is 12.1 Å². The molecule has 1 aromatic carbocycles. The van der Waals surface area contributed by atoms with Crippen LogP contribution in [0.3, 0.4) is 0 Å². The maximum atomic E-state index is 6.21. The summed E-state index contributed by atoms with van der Waals surface area (Å²) in [5.74, 6) is 1.51. The second-order valence-electron chi connectivity index (χ2n) is 5.56. The van der Waals surface area contributed by atoms with E-state index in [1.165, 1.54) is 38.5 Å². The van der Waals surface area contributed by atoms with Gasteiger partial charge in [0.15, 0.2) is 0 Å². The summed E-state index contributed by atoms with van der Waals surface area (Å²) < 4.78 is 6.76. The van der Waals surface area contributed by atoms with Crippen molar-refractivity contribution in [2.45, 2.75) is 38.5 Å². The first-order chi connectivity index (χ1) is 9.56. The van der Waals surface area contributed by atoms with Crippen LogP contribution in [0.5, 0.6) is 5.75 Å². The molecule has 0 aliphatic heterocycles. The second kappa shape index (κ2) is 7.62. The normalized spacial score (nSPS) is 18.6. The molecule has 5 heteroatoms. The van der Waals surface area contributed by atoms with Gasteiger partial charge < -0.3 is 4.74 Å². The lowest BCUT2D eigenvalue weighted by molar-refractivity contribution is 0.148. The maximum absolute atomic E-state index is 6.21. The zero-order valence-electron chi connectivity index (χ0n) is 11.3. The highest BCUT2D eigenvalue weighted by Gasteiger charge is 2.30. The fraction of sp³-hybridized carbons (Fsp3) is 0.600. The van der Waals surface area contributed by atoms with E-state index in [0.717, 1.165) is 10.2 Å². The average Bonchev–Trinajstić information content (AvgIpc) is 2.67. The van der Waals surface area contributed by atoms with Gasteiger partial charge >= 0.3 is 0 Å². The van der Waals surface area contributed by atoms with Crippen molar-refractivity contribution in [3.8, 4) is 5.75 Å². The van der Waals surface area contributed by atoms with Crippen LogP contribution in [0, 0.1) is 5.41 Å². The van der Waals surface area contributed by atoms with Crippen molar-refractivity contribution < 1.29 is 4.74 Å². The summed E-state index contributed by atoms with van der Waals surface area (Å²) in [4.78, 5) is 0. The molecule has 0 amide bonds. The molecular formula is C15H19BrCl2OS. The number of rotatable bonds is 4. The van der Waals surface area contributed by atoms with Gasteiger partial charge in [0.1, 0.15) is 5.75 Å². The first-order valence-electron chi connectivity index (χ1n) is 6.94. The predicted molar refractivity (Wildman–Crippen MR) is 93.6 cm³/mol. The molecule has 20 heavy (non-hydrogen) atoms. The zero-order valence-corrected chi connectivity index (χ0v) is 15.3. The molecule has 0 radical (unpaired) electrons. The first kappa shape index (κ1) is 16.8. The summed E-state index contributed by atoms with van der Waals surface area (Å²) >= 11 is 20.2. The van der Waals surface area contributed by atoms with Gasteiger partial charge in [-0.2, -0.15) is 12.6 Å². The van der Waals surface area contributed by atoms with Crippen molar-refractivity contribution in [3.63, 3.8) is 0 Å².